The molecule has 1 heterocycles. The molecule has 2 nitrogen and oxygen atoms in total. The summed E-state index contributed by atoms with van der Waals surface area (Å²) < 4.78 is 0. The van der Waals surface area contributed by atoms with Crippen LogP contribution >= 0.6 is 0 Å². The molecule has 0 aliphatic heterocycles. The van der Waals surface area contributed by atoms with E-state index in [-0.39, 0.29) is 0 Å². The van der Waals surface area contributed by atoms with E-state index in [0.717, 1.165) is 12.6 Å². The number of rotatable bonds is 6. The summed E-state index contributed by atoms with van der Waals surface area (Å²) in [5.74, 6) is 0. The standard InChI is InChI=1S/C17H26N2/c1-3-16(4-2)11-17(12-16,13-19-15-5-6-15)14-7-9-18-10-8-14/h7-10,15,19H,3-6,11-13H2,1-2H3. The van der Waals surface area contributed by atoms with Gasteiger partial charge < -0.3 is 5.32 Å². The number of hydrogen-bond acceptors (Lipinski definition) is 2. The van der Waals surface area contributed by atoms with Gasteiger partial charge in [-0.05, 0) is 48.8 Å². The van der Waals surface area contributed by atoms with E-state index in [1.807, 2.05) is 12.4 Å². The van der Waals surface area contributed by atoms with Gasteiger partial charge in [-0.2, -0.15) is 0 Å². The molecule has 0 unspecified atom stereocenters. The highest BCUT2D eigenvalue weighted by Gasteiger charge is 2.53. The molecule has 1 aromatic rings. The SMILES string of the molecule is CCC1(CC)CC(CNC2CC2)(c2ccncc2)C1. The average Bonchev–Trinajstić information content (AvgIpc) is 3.24. The molecule has 2 saturated carbocycles. The first-order chi connectivity index (χ1) is 9.22. The Hall–Kier alpha value is -0.890. The van der Waals surface area contributed by atoms with Gasteiger partial charge in [0.25, 0.3) is 0 Å². The van der Waals surface area contributed by atoms with Crippen LogP contribution in [-0.2, 0) is 5.41 Å². The Bertz CT molecular complexity index is 410. The Morgan fingerprint density at radius 2 is 1.79 bits per heavy atom. The lowest BCUT2D eigenvalue weighted by Gasteiger charge is -2.57. The van der Waals surface area contributed by atoms with Crippen LogP contribution in [0, 0.1) is 5.41 Å². The number of pyridine rings is 1. The predicted molar refractivity (Wildman–Crippen MR) is 79.2 cm³/mol. The summed E-state index contributed by atoms with van der Waals surface area (Å²) in [5.41, 5.74) is 2.46. The molecule has 3 rings (SSSR count). The fraction of sp³-hybridized carbons (Fsp3) is 0.706. The van der Waals surface area contributed by atoms with E-state index < -0.39 is 0 Å². The Kier molecular flexibility index (Phi) is 3.38. The van der Waals surface area contributed by atoms with E-state index in [1.165, 1.54) is 44.1 Å². The lowest BCUT2D eigenvalue weighted by atomic mass is 9.48. The molecule has 0 atom stereocenters. The maximum absolute atomic E-state index is 4.18. The van der Waals surface area contributed by atoms with Crippen molar-refractivity contribution in [2.45, 2.75) is 63.8 Å². The zero-order valence-corrected chi connectivity index (χ0v) is 12.3. The van der Waals surface area contributed by atoms with Gasteiger partial charge >= 0.3 is 0 Å². The predicted octanol–water partition coefficient (Wildman–Crippen LogP) is 3.67. The van der Waals surface area contributed by atoms with Crippen LogP contribution in [0.15, 0.2) is 24.5 Å². The van der Waals surface area contributed by atoms with E-state index in [4.69, 9.17) is 0 Å². The quantitative estimate of drug-likeness (QED) is 0.842. The van der Waals surface area contributed by atoms with Gasteiger partial charge in [-0.15, -0.1) is 0 Å². The molecular weight excluding hydrogens is 232 g/mol. The molecule has 0 bridgehead atoms. The minimum Gasteiger partial charge on any atom is -0.313 e. The first-order valence-electron chi connectivity index (χ1n) is 7.86. The number of aromatic nitrogens is 1. The van der Waals surface area contributed by atoms with Gasteiger partial charge in [0.15, 0.2) is 0 Å². The molecule has 104 valence electrons. The summed E-state index contributed by atoms with van der Waals surface area (Å²) in [6.45, 7) is 5.87. The lowest BCUT2D eigenvalue weighted by Crippen LogP contribution is -2.54. The second-order valence-electron chi connectivity index (χ2n) is 6.73. The monoisotopic (exact) mass is 258 g/mol. The number of nitrogens with zero attached hydrogens (tertiary/aromatic N) is 1. The van der Waals surface area contributed by atoms with Crippen LogP contribution in [0.2, 0.25) is 0 Å². The van der Waals surface area contributed by atoms with Gasteiger partial charge in [-0.1, -0.05) is 26.7 Å². The van der Waals surface area contributed by atoms with Gasteiger partial charge in [0.1, 0.15) is 0 Å². The number of hydrogen-bond donors (Lipinski definition) is 1. The van der Waals surface area contributed by atoms with E-state index in [0.29, 0.717) is 10.8 Å². The first-order valence-corrected chi connectivity index (χ1v) is 7.86. The molecule has 2 heteroatoms. The summed E-state index contributed by atoms with van der Waals surface area (Å²) in [6.07, 6.45) is 12.0. The van der Waals surface area contributed by atoms with Crippen molar-refractivity contribution in [2.75, 3.05) is 6.54 Å². The van der Waals surface area contributed by atoms with Gasteiger partial charge in [0, 0.05) is 30.4 Å². The van der Waals surface area contributed by atoms with Crippen LogP contribution in [0.1, 0.15) is 57.9 Å². The summed E-state index contributed by atoms with van der Waals surface area (Å²) in [5, 5.41) is 3.76. The Morgan fingerprint density at radius 3 is 2.32 bits per heavy atom. The molecule has 0 aromatic carbocycles. The Morgan fingerprint density at radius 1 is 1.16 bits per heavy atom. The smallest absolute Gasteiger partial charge is 0.0270 e. The van der Waals surface area contributed by atoms with Gasteiger partial charge in [-0.25, -0.2) is 0 Å². The molecule has 1 N–H and O–H groups in total. The summed E-state index contributed by atoms with van der Waals surface area (Å²) in [6, 6.07) is 5.25. The van der Waals surface area contributed by atoms with E-state index in [2.05, 4.69) is 36.3 Å². The maximum atomic E-state index is 4.18. The molecule has 2 aliphatic rings. The molecule has 0 amide bonds. The molecule has 2 fully saturated rings. The first kappa shape index (κ1) is 13.1. The molecule has 0 saturated heterocycles. The highest BCUT2D eigenvalue weighted by Crippen LogP contribution is 2.59. The van der Waals surface area contributed by atoms with Crippen molar-refractivity contribution in [3.63, 3.8) is 0 Å². The average molecular weight is 258 g/mol. The largest absolute Gasteiger partial charge is 0.313 e. The van der Waals surface area contributed by atoms with Crippen molar-refractivity contribution in [1.82, 2.24) is 10.3 Å². The third-order valence-corrected chi connectivity index (χ3v) is 5.53. The van der Waals surface area contributed by atoms with Crippen molar-refractivity contribution in [3.05, 3.63) is 30.1 Å². The third kappa shape index (κ3) is 2.43. The van der Waals surface area contributed by atoms with Crippen LogP contribution in [0.3, 0.4) is 0 Å². The summed E-state index contributed by atoms with van der Waals surface area (Å²) in [4.78, 5) is 4.18. The topological polar surface area (TPSA) is 24.9 Å². The van der Waals surface area contributed by atoms with Crippen molar-refractivity contribution in [1.29, 1.82) is 0 Å². The van der Waals surface area contributed by atoms with E-state index >= 15 is 0 Å². The van der Waals surface area contributed by atoms with Crippen LogP contribution in [-0.4, -0.2) is 17.6 Å². The normalized spacial score (nSPS) is 23.9. The molecular formula is C17H26N2. The highest BCUT2D eigenvalue weighted by molar-refractivity contribution is 5.30. The molecule has 1 aromatic heterocycles. The second-order valence-corrected chi connectivity index (χ2v) is 6.73. The van der Waals surface area contributed by atoms with Crippen LogP contribution in [0.4, 0.5) is 0 Å². The molecule has 0 radical (unpaired) electrons. The fourth-order valence-corrected chi connectivity index (χ4v) is 3.90. The fourth-order valence-electron chi connectivity index (χ4n) is 3.90. The van der Waals surface area contributed by atoms with Crippen molar-refractivity contribution >= 4 is 0 Å². The number of nitrogens with one attached hydrogen (secondary N) is 1. The van der Waals surface area contributed by atoms with Gasteiger partial charge in [-0.3, -0.25) is 4.98 Å². The Balaban J connectivity index is 1.77. The van der Waals surface area contributed by atoms with Crippen molar-refractivity contribution in [2.24, 2.45) is 5.41 Å². The second kappa shape index (κ2) is 4.90. The van der Waals surface area contributed by atoms with Crippen LogP contribution in [0.5, 0.6) is 0 Å². The zero-order valence-electron chi connectivity index (χ0n) is 12.3. The van der Waals surface area contributed by atoms with Crippen molar-refractivity contribution in [3.8, 4) is 0 Å². The summed E-state index contributed by atoms with van der Waals surface area (Å²) >= 11 is 0. The zero-order chi connectivity index (χ0) is 13.3. The summed E-state index contributed by atoms with van der Waals surface area (Å²) in [7, 11) is 0. The van der Waals surface area contributed by atoms with E-state index in [1.54, 1.807) is 0 Å². The van der Waals surface area contributed by atoms with Crippen LogP contribution in [0.25, 0.3) is 0 Å². The van der Waals surface area contributed by atoms with E-state index in [9.17, 15) is 0 Å². The maximum Gasteiger partial charge on any atom is 0.0270 e. The molecule has 0 spiro atoms. The van der Waals surface area contributed by atoms with Gasteiger partial charge in [0.05, 0.1) is 0 Å². The molecule has 2 aliphatic carbocycles. The van der Waals surface area contributed by atoms with Crippen molar-refractivity contribution < 1.29 is 0 Å². The van der Waals surface area contributed by atoms with Gasteiger partial charge in [0.2, 0.25) is 0 Å². The van der Waals surface area contributed by atoms with Crippen LogP contribution < -0.4 is 5.32 Å². The minimum atomic E-state index is 0.373. The lowest BCUT2D eigenvalue weighted by molar-refractivity contribution is 0.0126. The highest BCUT2D eigenvalue weighted by atomic mass is 15.0. The minimum absolute atomic E-state index is 0.373. The third-order valence-electron chi connectivity index (χ3n) is 5.53. The Labute approximate surface area is 117 Å². The molecule has 19 heavy (non-hydrogen) atoms.